The Bertz CT molecular complexity index is 367. The molecule has 1 unspecified atom stereocenters. The fraction of sp³-hybridized carbons (Fsp3) is 0.667. The summed E-state index contributed by atoms with van der Waals surface area (Å²) in [6, 6.07) is 4.96. The summed E-state index contributed by atoms with van der Waals surface area (Å²) < 4.78 is 0. The molecule has 2 rings (SSSR count). The highest BCUT2D eigenvalue weighted by Gasteiger charge is 2.25. The molecule has 1 aromatic heterocycles. The van der Waals surface area contributed by atoms with Gasteiger partial charge in [-0.3, -0.25) is 4.90 Å². The Morgan fingerprint density at radius 1 is 1.44 bits per heavy atom. The molecule has 1 saturated heterocycles. The molecule has 1 atom stereocenters. The Hall–Kier alpha value is -0.540. The SMILES string of the molecule is CCCCN1CCCCC1c1cccnc1SC. The second-order valence-electron chi connectivity index (χ2n) is 5.00. The van der Waals surface area contributed by atoms with Crippen molar-refractivity contribution in [1.29, 1.82) is 0 Å². The zero-order valence-electron chi connectivity index (χ0n) is 11.6. The highest BCUT2D eigenvalue weighted by atomic mass is 32.2. The van der Waals surface area contributed by atoms with E-state index >= 15 is 0 Å². The molecule has 1 aliphatic heterocycles. The van der Waals surface area contributed by atoms with Crippen molar-refractivity contribution in [3.05, 3.63) is 23.9 Å². The largest absolute Gasteiger partial charge is 0.296 e. The van der Waals surface area contributed by atoms with Crippen LogP contribution < -0.4 is 0 Å². The molecule has 2 heterocycles. The lowest BCUT2D eigenvalue weighted by atomic mass is 9.96. The monoisotopic (exact) mass is 264 g/mol. The Morgan fingerprint density at radius 3 is 3.11 bits per heavy atom. The average molecular weight is 264 g/mol. The molecule has 0 aliphatic carbocycles. The van der Waals surface area contributed by atoms with Gasteiger partial charge in [-0.1, -0.05) is 25.8 Å². The van der Waals surface area contributed by atoms with Crippen LogP contribution in [0.5, 0.6) is 0 Å². The maximum atomic E-state index is 4.52. The molecule has 0 radical (unpaired) electrons. The van der Waals surface area contributed by atoms with Crippen LogP contribution in [-0.2, 0) is 0 Å². The maximum Gasteiger partial charge on any atom is 0.100 e. The van der Waals surface area contributed by atoms with Gasteiger partial charge in [-0.15, -0.1) is 11.8 Å². The van der Waals surface area contributed by atoms with E-state index in [1.165, 1.54) is 55.8 Å². The predicted octanol–water partition coefficient (Wildman–Crippen LogP) is 4.13. The lowest BCUT2D eigenvalue weighted by molar-refractivity contribution is 0.144. The molecule has 1 aromatic rings. The molecule has 1 aliphatic rings. The molecule has 0 bridgehead atoms. The first-order chi connectivity index (χ1) is 8.86. The standard InChI is InChI=1S/C15H24N2S/c1-3-4-11-17-12-6-5-9-14(17)13-8-7-10-16-15(13)18-2/h7-8,10,14H,3-6,9,11-12H2,1-2H3. The van der Waals surface area contributed by atoms with Gasteiger partial charge < -0.3 is 0 Å². The lowest BCUT2D eigenvalue weighted by Crippen LogP contribution is -2.34. The van der Waals surface area contributed by atoms with Crippen molar-refractivity contribution in [2.75, 3.05) is 19.3 Å². The van der Waals surface area contributed by atoms with E-state index in [0.29, 0.717) is 6.04 Å². The number of nitrogens with zero attached hydrogens (tertiary/aromatic N) is 2. The Kier molecular flexibility index (Phi) is 5.51. The minimum Gasteiger partial charge on any atom is -0.296 e. The van der Waals surface area contributed by atoms with Crippen LogP contribution in [0.25, 0.3) is 0 Å². The van der Waals surface area contributed by atoms with Gasteiger partial charge in [0.05, 0.1) is 0 Å². The predicted molar refractivity (Wildman–Crippen MR) is 79.1 cm³/mol. The summed E-state index contributed by atoms with van der Waals surface area (Å²) in [5.74, 6) is 0. The third kappa shape index (κ3) is 3.27. The van der Waals surface area contributed by atoms with Gasteiger partial charge in [0.25, 0.3) is 0 Å². The number of rotatable bonds is 5. The molecule has 0 saturated carbocycles. The van der Waals surface area contributed by atoms with Crippen LogP contribution in [0.2, 0.25) is 0 Å². The van der Waals surface area contributed by atoms with E-state index in [-0.39, 0.29) is 0 Å². The van der Waals surface area contributed by atoms with E-state index in [1.807, 2.05) is 6.20 Å². The molecular weight excluding hydrogens is 240 g/mol. The van der Waals surface area contributed by atoms with Gasteiger partial charge >= 0.3 is 0 Å². The van der Waals surface area contributed by atoms with Crippen LogP contribution in [0.4, 0.5) is 0 Å². The highest BCUT2D eigenvalue weighted by molar-refractivity contribution is 7.98. The van der Waals surface area contributed by atoms with E-state index in [9.17, 15) is 0 Å². The van der Waals surface area contributed by atoms with E-state index in [0.717, 1.165) is 0 Å². The first-order valence-electron chi connectivity index (χ1n) is 7.09. The van der Waals surface area contributed by atoms with Crippen LogP contribution in [-0.4, -0.2) is 29.2 Å². The van der Waals surface area contributed by atoms with E-state index in [4.69, 9.17) is 0 Å². The molecule has 0 spiro atoms. The quantitative estimate of drug-likeness (QED) is 0.744. The molecule has 0 amide bonds. The summed E-state index contributed by atoms with van der Waals surface area (Å²) in [7, 11) is 0. The van der Waals surface area contributed by atoms with Crippen molar-refractivity contribution in [3.63, 3.8) is 0 Å². The molecule has 100 valence electrons. The Balaban J connectivity index is 2.16. The smallest absolute Gasteiger partial charge is 0.100 e. The summed E-state index contributed by atoms with van der Waals surface area (Å²) >= 11 is 1.78. The third-order valence-electron chi connectivity index (χ3n) is 3.77. The van der Waals surface area contributed by atoms with Gasteiger partial charge in [0.1, 0.15) is 5.03 Å². The zero-order valence-corrected chi connectivity index (χ0v) is 12.4. The zero-order chi connectivity index (χ0) is 12.8. The highest BCUT2D eigenvalue weighted by Crippen LogP contribution is 2.34. The second-order valence-corrected chi connectivity index (χ2v) is 5.80. The van der Waals surface area contributed by atoms with Crippen molar-refractivity contribution < 1.29 is 0 Å². The number of likely N-dealkylation sites (tertiary alicyclic amines) is 1. The molecule has 0 aromatic carbocycles. The minimum atomic E-state index is 0.599. The van der Waals surface area contributed by atoms with Crippen molar-refractivity contribution in [3.8, 4) is 0 Å². The van der Waals surface area contributed by atoms with Crippen molar-refractivity contribution >= 4 is 11.8 Å². The number of aromatic nitrogens is 1. The average Bonchev–Trinajstić information content (AvgIpc) is 2.45. The lowest BCUT2D eigenvalue weighted by Gasteiger charge is -2.36. The fourth-order valence-electron chi connectivity index (χ4n) is 2.80. The molecule has 0 N–H and O–H groups in total. The molecule has 18 heavy (non-hydrogen) atoms. The van der Waals surface area contributed by atoms with E-state index in [1.54, 1.807) is 11.8 Å². The van der Waals surface area contributed by atoms with Crippen molar-refractivity contribution in [1.82, 2.24) is 9.88 Å². The van der Waals surface area contributed by atoms with Gasteiger partial charge in [-0.25, -0.2) is 4.98 Å². The van der Waals surface area contributed by atoms with E-state index in [2.05, 4.69) is 35.2 Å². The summed E-state index contributed by atoms with van der Waals surface area (Å²) in [6.45, 7) is 4.77. The van der Waals surface area contributed by atoms with Crippen LogP contribution >= 0.6 is 11.8 Å². The molecule has 2 nitrogen and oxygen atoms in total. The van der Waals surface area contributed by atoms with Crippen molar-refractivity contribution in [2.45, 2.75) is 50.1 Å². The number of unbranched alkanes of at least 4 members (excludes halogenated alkanes) is 1. The van der Waals surface area contributed by atoms with Crippen molar-refractivity contribution in [2.24, 2.45) is 0 Å². The molecule has 1 fully saturated rings. The van der Waals surface area contributed by atoms with Gasteiger partial charge in [0.15, 0.2) is 0 Å². The van der Waals surface area contributed by atoms with E-state index < -0.39 is 0 Å². The van der Waals surface area contributed by atoms with Gasteiger partial charge in [-0.05, 0) is 44.7 Å². The third-order valence-corrected chi connectivity index (χ3v) is 4.49. The van der Waals surface area contributed by atoms with Crippen LogP contribution in [0.15, 0.2) is 23.4 Å². The Morgan fingerprint density at radius 2 is 2.33 bits per heavy atom. The minimum absolute atomic E-state index is 0.599. The normalized spacial score (nSPS) is 21.1. The van der Waals surface area contributed by atoms with Crippen LogP contribution in [0.1, 0.15) is 50.6 Å². The second kappa shape index (κ2) is 7.15. The summed E-state index contributed by atoms with van der Waals surface area (Å²) in [6.07, 6.45) is 10.6. The van der Waals surface area contributed by atoms with Gasteiger partial charge in [0.2, 0.25) is 0 Å². The molecular formula is C15H24N2S. The number of thioether (sulfide) groups is 1. The first-order valence-corrected chi connectivity index (χ1v) is 8.32. The summed E-state index contributed by atoms with van der Waals surface area (Å²) in [4.78, 5) is 7.19. The van der Waals surface area contributed by atoms with Gasteiger partial charge in [-0.2, -0.15) is 0 Å². The Labute approximate surface area is 115 Å². The number of piperidine rings is 1. The van der Waals surface area contributed by atoms with Crippen LogP contribution in [0.3, 0.4) is 0 Å². The molecule has 3 heteroatoms. The summed E-state index contributed by atoms with van der Waals surface area (Å²) in [5.41, 5.74) is 1.45. The number of hydrogen-bond acceptors (Lipinski definition) is 3. The first kappa shape index (κ1) is 13.9. The number of hydrogen-bond donors (Lipinski definition) is 0. The fourth-order valence-corrected chi connectivity index (χ4v) is 3.41. The number of pyridine rings is 1. The maximum absolute atomic E-state index is 4.52. The summed E-state index contributed by atoms with van der Waals surface area (Å²) in [5, 5.41) is 1.21. The van der Waals surface area contributed by atoms with Crippen LogP contribution in [0, 0.1) is 0 Å². The topological polar surface area (TPSA) is 16.1 Å². The van der Waals surface area contributed by atoms with Gasteiger partial charge in [0, 0.05) is 17.8 Å².